The number of nitrogens with one attached hydrogen (secondary N) is 2. The molecular weight excluding hydrogens is 417 g/mol. The van der Waals surface area contributed by atoms with E-state index in [0.717, 1.165) is 24.0 Å². The van der Waals surface area contributed by atoms with Crippen LogP contribution in [0.5, 0.6) is 0 Å². The molecule has 1 unspecified atom stereocenters. The second-order valence-corrected chi connectivity index (χ2v) is 6.65. The van der Waals surface area contributed by atoms with Gasteiger partial charge in [-0.05, 0) is 53.0 Å². The lowest BCUT2D eigenvalue weighted by molar-refractivity contribution is 0.141. The monoisotopic (exact) mass is 449 g/mol. The molecule has 24 heavy (non-hydrogen) atoms. The molecule has 1 fully saturated rings. The predicted octanol–water partition coefficient (Wildman–Crippen LogP) is 2.69. The molecule has 1 saturated heterocycles. The number of hydrogen-bond acceptors (Lipinski definition) is 4. The first-order valence-electron chi connectivity index (χ1n) is 8.61. The average molecular weight is 449 g/mol. The van der Waals surface area contributed by atoms with Crippen molar-refractivity contribution in [2.24, 2.45) is 10.9 Å². The molecule has 2 heterocycles. The fraction of sp³-hybridized carbons (Fsp3) is 0.765. The highest BCUT2D eigenvalue weighted by atomic mass is 127. The predicted molar refractivity (Wildman–Crippen MR) is 109 cm³/mol. The van der Waals surface area contributed by atoms with E-state index >= 15 is 0 Å². The number of aliphatic imine (C=N–C) groups is 1. The standard InChI is InChI=1S/C17H31N5O.HI/c1-12(2)22-8-6-7-15(11-22)9-19-17(18-5)20-10-16-21-13(3)14(4)23-16;/h12,15H,6-11H2,1-5H3,(H2,18,19,20);1H. The van der Waals surface area contributed by atoms with Crippen LogP contribution in [0, 0.1) is 19.8 Å². The van der Waals surface area contributed by atoms with Crippen molar-refractivity contribution in [1.82, 2.24) is 20.5 Å². The van der Waals surface area contributed by atoms with Gasteiger partial charge in [-0.2, -0.15) is 0 Å². The molecule has 1 aliphatic heterocycles. The normalized spacial score (nSPS) is 19.2. The smallest absolute Gasteiger partial charge is 0.214 e. The second-order valence-electron chi connectivity index (χ2n) is 6.65. The van der Waals surface area contributed by atoms with Gasteiger partial charge in [-0.25, -0.2) is 4.98 Å². The first-order chi connectivity index (χ1) is 11.0. The van der Waals surface area contributed by atoms with Gasteiger partial charge in [0.2, 0.25) is 5.89 Å². The summed E-state index contributed by atoms with van der Waals surface area (Å²) in [6.45, 7) is 12.3. The molecule has 0 aliphatic carbocycles. The summed E-state index contributed by atoms with van der Waals surface area (Å²) in [5, 5.41) is 6.70. The molecule has 0 saturated carbocycles. The Morgan fingerprint density at radius 1 is 1.38 bits per heavy atom. The third-order valence-corrected chi connectivity index (χ3v) is 4.54. The van der Waals surface area contributed by atoms with Crippen LogP contribution in [0.4, 0.5) is 0 Å². The number of halogens is 1. The molecule has 1 aromatic rings. The fourth-order valence-corrected chi connectivity index (χ4v) is 2.97. The van der Waals surface area contributed by atoms with Crippen LogP contribution in [0.2, 0.25) is 0 Å². The largest absolute Gasteiger partial charge is 0.444 e. The van der Waals surface area contributed by atoms with Crippen molar-refractivity contribution in [2.45, 2.75) is 53.1 Å². The minimum Gasteiger partial charge on any atom is -0.444 e. The summed E-state index contributed by atoms with van der Waals surface area (Å²) in [5.74, 6) is 3.06. The summed E-state index contributed by atoms with van der Waals surface area (Å²) in [6.07, 6.45) is 2.57. The lowest BCUT2D eigenvalue weighted by Gasteiger charge is -2.35. The van der Waals surface area contributed by atoms with E-state index in [2.05, 4.69) is 39.4 Å². The highest BCUT2D eigenvalue weighted by Gasteiger charge is 2.21. The van der Waals surface area contributed by atoms with E-state index in [1.165, 1.54) is 25.9 Å². The third-order valence-electron chi connectivity index (χ3n) is 4.54. The molecule has 0 amide bonds. The molecule has 7 heteroatoms. The molecule has 0 bridgehead atoms. The highest BCUT2D eigenvalue weighted by Crippen LogP contribution is 2.17. The average Bonchev–Trinajstić information content (AvgIpc) is 2.86. The van der Waals surface area contributed by atoms with Gasteiger partial charge in [-0.15, -0.1) is 24.0 Å². The minimum atomic E-state index is 0. The summed E-state index contributed by atoms with van der Waals surface area (Å²) >= 11 is 0. The van der Waals surface area contributed by atoms with E-state index < -0.39 is 0 Å². The third kappa shape index (κ3) is 6.23. The molecule has 1 atom stereocenters. The van der Waals surface area contributed by atoms with Crippen molar-refractivity contribution in [3.05, 3.63) is 17.3 Å². The lowest BCUT2D eigenvalue weighted by Crippen LogP contribution is -2.46. The first-order valence-corrected chi connectivity index (χ1v) is 8.61. The first kappa shape index (κ1) is 21.2. The van der Waals surface area contributed by atoms with E-state index in [1.807, 2.05) is 13.8 Å². The number of oxazole rings is 1. The van der Waals surface area contributed by atoms with E-state index in [9.17, 15) is 0 Å². The number of nitrogens with zero attached hydrogens (tertiary/aromatic N) is 3. The minimum absolute atomic E-state index is 0. The molecule has 0 aromatic carbocycles. The zero-order chi connectivity index (χ0) is 16.8. The van der Waals surface area contributed by atoms with Crippen LogP contribution < -0.4 is 10.6 Å². The Balaban J connectivity index is 0.00000288. The molecule has 1 aliphatic rings. The maximum Gasteiger partial charge on any atom is 0.214 e. The Bertz CT molecular complexity index is 510. The number of guanidine groups is 1. The van der Waals surface area contributed by atoms with Gasteiger partial charge in [-0.3, -0.25) is 4.99 Å². The Morgan fingerprint density at radius 3 is 2.71 bits per heavy atom. The van der Waals surface area contributed by atoms with Gasteiger partial charge in [0.05, 0.1) is 12.2 Å². The molecule has 1 aromatic heterocycles. The number of piperidine rings is 1. The van der Waals surface area contributed by atoms with Crippen LogP contribution in [-0.2, 0) is 6.54 Å². The summed E-state index contributed by atoms with van der Waals surface area (Å²) in [4.78, 5) is 11.2. The van der Waals surface area contributed by atoms with Gasteiger partial charge >= 0.3 is 0 Å². The van der Waals surface area contributed by atoms with E-state index in [0.29, 0.717) is 24.4 Å². The fourth-order valence-electron chi connectivity index (χ4n) is 2.97. The molecule has 2 rings (SSSR count). The van der Waals surface area contributed by atoms with E-state index in [-0.39, 0.29) is 24.0 Å². The zero-order valence-electron chi connectivity index (χ0n) is 15.6. The number of aromatic nitrogens is 1. The van der Waals surface area contributed by atoms with Crippen molar-refractivity contribution in [1.29, 1.82) is 0 Å². The molecule has 0 spiro atoms. The van der Waals surface area contributed by atoms with Crippen LogP contribution in [0.1, 0.15) is 44.0 Å². The number of hydrogen-bond donors (Lipinski definition) is 2. The number of aryl methyl sites for hydroxylation is 2. The highest BCUT2D eigenvalue weighted by molar-refractivity contribution is 14.0. The zero-order valence-corrected chi connectivity index (χ0v) is 17.9. The summed E-state index contributed by atoms with van der Waals surface area (Å²) < 4.78 is 5.58. The van der Waals surface area contributed by atoms with E-state index in [1.54, 1.807) is 7.05 Å². The van der Waals surface area contributed by atoms with Crippen molar-refractivity contribution in [3.63, 3.8) is 0 Å². The Hall–Kier alpha value is -0.830. The lowest BCUT2D eigenvalue weighted by atomic mass is 9.97. The van der Waals surface area contributed by atoms with Crippen molar-refractivity contribution in [2.75, 3.05) is 26.7 Å². The molecule has 138 valence electrons. The number of rotatable bonds is 5. The maximum absolute atomic E-state index is 5.58. The van der Waals surface area contributed by atoms with Gasteiger partial charge in [0.15, 0.2) is 5.96 Å². The van der Waals surface area contributed by atoms with Gasteiger partial charge in [0.1, 0.15) is 5.76 Å². The molecular formula is C17H32IN5O. The van der Waals surface area contributed by atoms with Crippen molar-refractivity contribution < 1.29 is 4.42 Å². The van der Waals surface area contributed by atoms with Gasteiger partial charge in [0, 0.05) is 26.2 Å². The van der Waals surface area contributed by atoms with Crippen LogP contribution in [0.15, 0.2) is 9.41 Å². The topological polar surface area (TPSA) is 65.7 Å². The molecule has 6 nitrogen and oxygen atoms in total. The summed E-state index contributed by atoms with van der Waals surface area (Å²) in [6, 6.07) is 0.631. The SMILES string of the molecule is CN=C(NCc1nc(C)c(C)o1)NCC1CCCN(C(C)C)C1.I. The van der Waals surface area contributed by atoms with Gasteiger partial charge < -0.3 is 20.0 Å². The summed E-state index contributed by atoms with van der Waals surface area (Å²) in [7, 11) is 1.79. The molecule has 2 N–H and O–H groups in total. The molecule has 0 radical (unpaired) electrons. The Morgan fingerprint density at radius 2 is 2.12 bits per heavy atom. The Kier molecular flexibility index (Phi) is 9.04. The summed E-state index contributed by atoms with van der Waals surface area (Å²) in [5.41, 5.74) is 0.945. The quantitative estimate of drug-likeness (QED) is 0.411. The van der Waals surface area contributed by atoms with Crippen LogP contribution in [-0.4, -0.2) is 48.6 Å². The van der Waals surface area contributed by atoms with Crippen molar-refractivity contribution in [3.8, 4) is 0 Å². The van der Waals surface area contributed by atoms with Crippen LogP contribution in [0.3, 0.4) is 0 Å². The van der Waals surface area contributed by atoms with Crippen LogP contribution >= 0.6 is 24.0 Å². The van der Waals surface area contributed by atoms with Gasteiger partial charge in [-0.1, -0.05) is 0 Å². The number of likely N-dealkylation sites (tertiary alicyclic amines) is 1. The van der Waals surface area contributed by atoms with Crippen LogP contribution in [0.25, 0.3) is 0 Å². The van der Waals surface area contributed by atoms with Crippen molar-refractivity contribution >= 4 is 29.9 Å². The van der Waals surface area contributed by atoms with Gasteiger partial charge in [0.25, 0.3) is 0 Å². The maximum atomic E-state index is 5.58. The Labute approximate surface area is 162 Å². The van der Waals surface area contributed by atoms with E-state index in [4.69, 9.17) is 4.42 Å². The second kappa shape index (κ2) is 10.2.